The first kappa shape index (κ1) is 23.7. The fourth-order valence-corrected chi connectivity index (χ4v) is 4.34. The predicted molar refractivity (Wildman–Crippen MR) is 132 cm³/mol. The minimum Gasteiger partial charge on any atom is -0.495 e. The highest BCUT2D eigenvalue weighted by Crippen LogP contribution is 2.37. The smallest absolute Gasteiger partial charge is 0.242 e. The molecule has 0 bridgehead atoms. The van der Waals surface area contributed by atoms with Gasteiger partial charge in [-0.25, -0.2) is 0 Å². The van der Waals surface area contributed by atoms with Gasteiger partial charge in [-0.15, -0.1) is 11.8 Å². The van der Waals surface area contributed by atoms with Gasteiger partial charge in [0.25, 0.3) is 0 Å². The zero-order valence-electron chi connectivity index (χ0n) is 17.9. The van der Waals surface area contributed by atoms with E-state index in [0.717, 1.165) is 22.6 Å². The molecule has 32 heavy (non-hydrogen) atoms. The molecule has 1 atom stereocenters. The minimum absolute atomic E-state index is 0.00686. The van der Waals surface area contributed by atoms with E-state index in [1.165, 1.54) is 11.8 Å². The Hall–Kier alpha value is -2.96. The van der Waals surface area contributed by atoms with Gasteiger partial charge in [0.2, 0.25) is 11.8 Å². The number of methoxy groups -OCH3 is 1. The van der Waals surface area contributed by atoms with E-state index in [9.17, 15) is 9.59 Å². The van der Waals surface area contributed by atoms with Gasteiger partial charge in [0, 0.05) is 22.7 Å². The van der Waals surface area contributed by atoms with Gasteiger partial charge in [-0.05, 0) is 54.4 Å². The van der Waals surface area contributed by atoms with Crippen LogP contribution in [0.3, 0.4) is 0 Å². The standard InChI is InChI=1S/C25H25ClN2O3S/c1-3-7-23(29)27-18-10-13-20(14-11-18)32-24(17-8-5-4-6-9-17)25(30)28-19-12-15-22(31-2)21(26)16-19/h4-6,8-16,24H,3,7H2,1-2H3,(H,27,29)(H,28,30). The van der Waals surface area contributed by atoms with Crippen LogP contribution in [-0.4, -0.2) is 18.9 Å². The molecular formula is C25H25ClN2O3S. The zero-order chi connectivity index (χ0) is 22.9. The summed E-state index contributed by atoms with van der Waals surface area (Å²) in [5, 5.41) is 5.77. The minimum atomic E-state index is -0.474. The van der Waals surface area contributed by atoms with E-state index >= 15 is 0 Å². The average Bonchev–Trinajstić information content (AvgIpc) is 2.79. The van der Waals surface area contributed by atoms with Crippen molar-refractivity contribution in [2.24, 2.45) is 0 Å². The third-order valence-corrected chi connectivity index (χ3v) is 6.19. The van der Waals surface area contributed by atoms with Gasteiger partial charge in [-0.2, -0.15) is 0 Å². The second-order valence-corrected chi connectivity index (χ2v) is 8.66. The van der Waals surface area contributed by atoms with Crippen LogP contribution in [0, 0.1) is 0 Å². The van der Waals surface area contributed by atoms with Crippen molar-refractivity contribution in [3.8, 4) is 5.75 Å². The van der Waals surface area contributed by atoms with Crippen LogP contribution in [0.15, 0.2) is 77.7 Å². The van der Waals surface area contributed by atoms with E-state index in [1.807, 2.05) is 61.5 Å². The Bertz CT molecular complexity index is 1060. The molecule has 0 saturated carbocycles. The summed E-state index contributed by atoms with van der Waals surface area (Å²) in [5.41, 5.74) is 2.22. The summed E-state index contributed by atoms with van der Waals surface area (Å²) >= 11 is 7.63. The van der Waals surface area contributed by atoms with E-state index < -0.39 is 5.25 Å². The molecule has 3 aromatic carbocycles. The molecular weight excluding hydrogens is 444 g/mol. The Morgan fingerprint density at radius 2 is 1.66 bits per heavy atom. The van der Waals surface area contributed by atoms with Crippen LogP contribution in [0.25, 0.3) is 0 Å². The van der Waals surface area contributed by atoms with Gasteiger partial charge in [0.15, 0.2) is 0 Å². The largest absolute Gasteiger partial charge is 0.495 e. The van der Waals surface area contributed by atoms with Crippen LogP contribution < -0.4 is 15.4 Å². The van der Waals surface area contributed by atoms with Gasteiger partial charge in [-0.1, -0.05) is 48.9 Å². The number of anilines is 2. The third-order valence-electron chi connectivity index (χ3n) is 4.63. The van der Waals surface area contributed by atoms with Crippen molar-refractivity contribution in [3.05, 3.63) is 83.4 Å². The van der Waals surface area contributed by atoms with Gasteiger partial charge in [0.1, 0.15) is 11.0 Å². The molecule has 3 rings (SSSR count). The highest BCUT2D eigenvalue weighted by molar-refractivity contribution is 8.00. The summed E-state index contributed by atoms with van der Waals surface area (Å²) in [6.45, 7) is 1.97. The monoisotopic (exact) mass is 468 g/mol. The number of carbonyl (C=O) groups excluding carboxylic acids is 2. The molecule has 0 aliphatic carbocycles. The number of halogens is 1. The Kier molecular flexibility index (Phi) is 8.59. The van der Waals surface area contributed by atoms with Crippen molar-refractivity contribution in [2.75, 3.05) is 17.7 Å². The Labute approximate surface area is 197 Å². The first-order valence-corrected chi connectivity index (χ1v) is 11.5. The van der Waals surface area contributed by atoms with Gasteiger partial charge < -0.3 is 15.4 Å². The molecule has 0 spiro atoms. The lowest BCUT2D eigenvalue weighted by atomic mass is 10.1. The number of hydrogen-bond donors (Lipinski definition) is 2. The van der Waals surface area contributed by atoms with E-state index in [0.29, 0.717) is 22.9 Å². The van der Waals surface area contributed by atoms with Crippen molar-refractivity contribution < 1.29 is 14.3 Å². The maximum atomic E-state index is 13.2. The lowest BCUT2D eigenvalue weighted by molar-refractivity contribution is -0.116. The Morgan fingerprint density at radius 1 is 0.969 bits per heavy atom. The number of carbonyl (C=O) groups is 2. The van der Waals surface area contributed by atoms with Crippen LogP contribution >= 0.6 is 23.4 Å². The molecule has 0 fully saturated rings. The van der Waals surface area contributed by atoms with Gasteiger partial charge in [0.05, 0.1) is 12.1 Å². The predicted octanol–water partition coefficient (Wildman–Crippen LogP) is 6.56. The number of rotatable bonds is 9. The molecule has 0 aliphatic heterocycles. The van der Waals surface area contributed by atoms with Gasteiger partial charge >= 0.3 is 0 Å². The maximum absolute atomic E-state index is 13.2. The molecule has 0 heterocycles. The first-order chi connectivity index (χ1) is 15.5. The number of nitrogens with one attached hydrogen (secondary N) is 2. The first-order valence-electron chi connectivity index (χ1n) is 10.3. The van der Waals surface area contributed by atoms with Crippen LogP contribution in [-0.2, 0) is 9.59 Å². The molecule has 0 aliphatic rings. The van der Waals surface area contributed by atoms with E-state index in [2.05, 4.69) is 10.6 Å². The molecule has 2 N–H and O–H groups in total. The highest BCUT2D eigenvalue weighted by atomic mass is 35.5. The number of benzene rings is 3. The number of hydrogen-bond acceptors (Lipinski definition) is 4. The quantitative estimate of drug-likeness (QED) is 0.349. The molecule has 0 aromatic heterocycles. The molecule has 0 radical (unpaired) electrons. The normalized spacial score (nSPS) is 11.5. The van der Waals surface area contributed by atoms with Crippen molar-refractivity contribution in [2.45, 2.75) is 29.9 Å². The van der Waals surface area contributed by atoms with Gasteiger partial charge in [-0.3, -0.25) is 9.59 Å². The van der Waals surface area contributed by atoms with Crippen molar-refractivity contribution >= 4 is 46.6 Å². The Balaban J connectivity index is 1.77. The maximum Gasteiger partial charge on any atom is 0.242 e. The van der Waals surface area contributed by atoms with E-state index in [-0.39, 0.29) is 11.8 Å². The van der Waals surface area contributed by atoms with Crippen LogP contribution in [0.4, 0.5) is 11.4 Å². The van der Waals surface area contributed by atoms with E-state index in [4.69, 9.17) is 16.3 Å². The zero-order valence-corrected chi connectivity index (χ0v) is 19.5. The highest BCUT2D eigenvalue weighted by Gasteiger charge is 2.22. The lowest BCUT2D eigenvalue weighted by Gasteiger charge is -2.18. The SMILES string of the molecule is CCCC(=O)Nc1ccc(SC(C(=O)Nc2ccc(OC)c(Cl)c2)c2ccccc2)cc1. The van der Waals surface area contributed by atoms with Crippen LogP contribution in [0.5, 0.6) is 5.75 Å². The summed E-state index contributed by atoms with van der Waals surface area (Å²) in [4.78, 5) is 25.9. The molecule has 7 heteroatoms. The van der Waals surface area contributed by atoms with Crippen molar-refractivity contribution in [3.63, 3.8) is 0 Å². The summed E-state index contributed by atoms with van der Waals surface area (Å²) < 4.78 is 5.17. The number of thioether (sulfide) groups is 1. The summed E-state index contributed by atoms with van der Waals surface area (Å²) in [7, 11) is 1.54. The molecule has 0 saturated heterocycles. The van der Waals surface area contributed by atoms with E-state index in [1.54, 1.807) is 25.3 Å². The van der Waals surface area contributed by atoms with Crippen molar-refractivity contribution in [1.29, 1.82) is 0 Å². The molecule has 2 amide bonds. The average molecular weight is 469 g/mol. The Morgan fingerprint density at radius 3 is 2.28 bits per heavy atom. The lowest BCUT2D eigenvalue weighted by Crippen LogP contribution is -2.19. The summed E-state index contributed by atoms with van der Waals surface area (Å²) in [6.07, 6.45) is 1.29. The number of ether oxygens (including phenoxy) is 1. The van der Waals surface area contributed by atoms with Crippen molar-refractivity contribution in [1.82, 2.24) is 0 Å². The molecule has 3 aromatic rings. The molecule has 5 nitrogen and oxygen atoms in total. The fourth-order valence-electron chi connectivity index (χ4n) is 3.06. The summed E-state index contributed by atoms with van der Waals surface area (Å²) in [5.74, 6) is 0.375. The molecule has 1 unspecified atom stereocenters. The third kappa shape index (κ3) is 6.52. The van der Waals surface area contributed by atoms with Crippen LogP contribution in [0.1, 0.15) is 30.6 Å². The molecule has 166 valence electrons. The fraction of sp³-hybridized carbons (Fsp3) is 0.200. The topological polar surface area (TPSA) is 67.4 Å². The number of amides is 2. The van der Waals surface area contributed by atoms with Crippen LogP contribution in [0.2, 0.25) is 5.02 Å². The second-order valence-electron chi connectivity index (χ2n) is 7.07. The second kappa shape index (κ2) is 11.6. The summed E-state index contributed by atoms with van der Waals surface area (Å²) in [6, 6.07) is 22.2.